The number of nitrogens with zero attached hydrogens (tertiary/aromatic N) is 2. The molecule has 2 amide bonds. The number of urea groups is 1. The maximum Gasteiger partial charge on any atom is 0.317 e. The molecule has 0 aliphatic carbocycles. The van der Waals surface area contributed by atoms with Crippen LogP contribution in [0.2, 0.25) is 0 Å². The van der Waals surface area contributed by atoms with E-state index in [0.717, 1.165) is 39.1 Å². The Balaban J connectivity index is 1.76. The molecule has 0 aromatic heterocycles. The van der Waals surface area contributed by atoms with Crippen LogP contribution in [-0.4, -0.2) is 74.5 Å². The third kappa shape index (κ3) is 4.07. The lowest BCUT2D eigenvalue weighted by Crippen LogP contribution is -2.53. The van der Waals surface area contributed by atoms with E-state index in [1.807, 2.05) is 0 Å². The van der Waals surface area contributed by atoms with E-state index in [-0.39, 0.29) is 23.6 Å². The standard InChI is InChI=1S/C12H23N3O3S/c1-2-4-14-5-7-15(8-6-14)12(16)13-11-3-9-19(17,18)10-11/h11H,2-10H2,1H3,(H,13,16). The molecule has 0 spiro atoms. The number of rotatable bonds is 3. The molecule has 6 nitrogen and oxygen atoms in total. The fourth-order valence-corrected chi connectivity index (χ4v) is 4.34. The van der Waals surface area contributed by atoms with Crippen LogP contribution in [0.4, 0.5) is 4.79 Å². The van der Waals surface area contributed by atoms with Gasteiger partial charge in [-0.3, -0.25) is 4.90 Å². The summed E-state index contributed by atoms with van der Waals surface area (Å²) in [5, 5.41) is 2.84. The quantitative estimate of drug-likeness (QED) is 0.788. The van der Waals surface area contributed by atoms with Gasteiger partial charge in [-0.1, -0.05) is 6.92 Å². The molecular formula is C12H23N3O3S. The fraction of sp³-hybridized carbons (Fsp3) is 0.917. The Kier molecular flexibility index (Phi) is 4.67. The lowest BCUT2D eigenvalue weighted by atomic mass is 10.2. The second kappa shape index (κ2) is 6.09. The molecule has 0 bridgehead atoms. The van der Waals surface area contributed by atoms with Crippen LogP contribution in [0.15, 0.2) is 0 Å². The Morgan fingerprint density at radius 1 is 1.26 bits per heavy atom. The average molecular weight is 289 g/mol. The van der Waals surface area contributed by atoms with Crippen molar-refractivity contribution in [1.29, 1.82) is 0 Å². The largest absolute Gasteiger partial charge is 0.334 e. The molecule has 0 aromatic carbocycles. The van der Waals surface area contributed by atoms with E-state index in [4.69, 9.17) is 0 Å². The summed E-state index contributed by atoms with van der Waals surface area (Å²) in [4.78, 5) is 16.2. The molecule has 19 heavy (non-hydrogen) atoms. The molecule has 2 rings (SSSR count). The van der Waals surface area contributed by atoms with E-state index in [1.165, 1.54) is 0 Å². The molecule has 2 saturated heterocycles. The summed E-state index contributed by atoms with van der Waals surface area (Å²) in [6.07, 6.45) is 1.68. The molecular weight excluding hydrogens is 266 g/mol. The Bertz CT molecular complexity index is 416. The van der Waals surface area contributed by atoms with Gasteiger partial charge in [-0.05, 0) is 19.4 Å². The van der Waals surface area contributed by atoms with E-state index >= 15 is 0 Å². The van der Waals surface area contributed by atoms with Crippen LogP contribution in [-0.2, 0) is 9.84 Å². The zero-order valence-electron chi connectivity index (χ0n) is 11.5. The van der Waals surface area contributed by atoms with Crippen LogP contribution in [0.25, 0.3) is 0 Å². The van der Waals surface area contributed by atoms with Crippen LogP contribution in [0, 0.1) is 0 Å². The minimum atomic E-state index is -2.93. The zero-order chi connectivity index (χ0) is 13.9. The monoisotopic (exact) mass is 289 g/mol. The number of piperazine rings is 1. The Labute approximate surface area is 115 Å². The second-order valence-corrected chi connectivity index (χ2v) is 7.61. The molecule has 7 heteroatoms. The van der Waals surface area contributed by atoms with Crippen LogP contribution in [0.3, 0.4) is 0 Å². The van der Waals surface area contributed by atoms with Gasteiger partial charge in [0.25, 0.3) is 0 Å². The van der Waals surface area contributed by atoms with Crippen molar-refractivity contribution in [2.75, 3.05) is 44.2 Å². The molecule has 0 aromatic rings. The van der Waals surface area contributed by atoms with Crippen LogP contribution in [0.1, 0.15) is 19.8 Å². The highest BCUT2D eigenvalue weighted by Crippen LogP contribution is 2.12. The summed E-state index contributed by atoms with van der Waals surface area (Å²) >= 11 is 0. The first-order chi connectivity index (χ1) is 9.00. The zero-order valence-corrected chi connectivity index (χ0v) is 12.3. The number of nitrogens with one attached hydrogen (secondary N) is 1. The second-order valence-electron chi connectivity index (χ2n) is 5.38. The average Bonchev–Trinajstić information content (AvgIpc) is 2.70. The summed E-state index contributed by atoms with van der Waals surface area (Å²) in [7, 11) is -2.93. The smallest absolute Gasteiger partial charge is 0.317 e. The molecule has 1 atom stereocenters. The van der Waals surface area contributed by atoms with Crippen molar-refractivity contribution >= 4 is 15.9 Å². The number of carbonyl (C=O) groups excluding carboxylic acids is 1. The number of hydrogen-bond donors (Lipinski definition) is 1. The summed E-state index contributed by atoms with van der Waals surface area (Å²) < 4.78 is 22.7. The van der Waals surface area contributed by atoms with Gasteiger partial charge in [0.15, 0.2) is 9.84 Å². The van der Waals surface area contributed by atoms with Crippen molar-refractivity contribution < 1.29 is 13.2 Å². The van der Waals surface area contributed by atoms with E-state index in [0.29, 0.717) is 6.42 Å². The topological polar surface area (TPSA) is 69.7 Å². The van der Waals surface area contributed by atoms with Crippen molar-refractivity contribution in [1.82, 2.24) is 15.1 Å². The highest BCUT2D eigenvalue weighted by molar-refractivity contribution is 7.91. The molecule has 2 heterocycles. The highest BCUT2D eigenvalue weighted by atomic mass is 32.2. The maximum absolute atomic E-state index is 12.0. The van der Waals surface area contributed by atoms with Gasteiger partial charge in [-0.15, -0.1) is 0 Å². The SMILES string of the molecule is CCCN1CCN(C(=O)NC2CCS(=O)(=O)C2)CC1. The normalized spacial score (nSPS) is 27.4. The fourth-order valence-electron chi connectivity index (χ4n) is 2.67. The first-order valence-electron chi connectivity index (χ1n) is 6.98. The Morgan fingerprint density at radius 3 is 2.47 bits per heavy atom. The van der Waals surface area contributed by atoms with E-state index < -0.39 is 9.84 Å². The lowest BCUT2D eigenvalue weighted by molar-refractivity contribution is 0.138. The third-order valence-electron chi connectivity index (χ3n) is 3.76. The van der Waals surface area contributed by atoms with E-state index in [2.05, 4.69) is 17.1 Å². The van der Waals surface area contributed by atoms with Crippen molar-refractivity contribution in [3.63, 3.8) is 0 Å². The highest BCUT2D eigenvalue weighted by Gasteiger charge is 2.30. The van der Waals surface area contributed by atoms with Gasteiger partial charge in [0.05, 0.1) is 11.5 Å². The molecule has 1 unspecified atom stereocenters. The predicted octanol–water partition coefficient (Wildman–Crippen LogP) is -0.0893. The van der Waals surface area contributed by atoms with Gasteiger partial charge in [0.1, 0.15) is 0 Å². The van der Waals surface area contributed by atoms with Crippen molar-refractivity contribution in [3.8, 4) is 0 Å². The first kappa shape index (κ1) is 14.6. The predicted molar refractivity (Wildman–Crippen MR) is 73.9 cm³/mol. The molecule has 2 aliphatic rings. The van der Waals surface area contributed by atoms with Gasteiger partial charge >= 0.3 is 6.03 Å². The number of hydrogen-bond acceptors (Lipinski definition) is 4. The van der Waals surface area contributed by atoms with Gasteiger partial charge in [0.2, 0.25) is 0 Å². The first-order valence-corrected chi connectivity index (χ1v) is 8.80. The molecule has 110 valence electrons. The summed E-state index contributed by atoms with van der Waals surface area (Å²) in [5.74, 6) is 0.288. The summed E-state index contributed by atoms with van der Waals surface area (Å²) in [6.45, 7) is 6.50. The van der Waals surface area contributed by atoms with Crippen molar-refractivity contribution in [3.05, 3.63) is 0 Å². The molecule has 0 radical (unpaired) electrons. The number of amides is 2. The lowest BCUT2D eigenvalue weighted by Gasteiger charge is -2.35. The Hall–Kier alpha value is -0.820. The van der Waals surface area contributed by atoms with E-state index in [1.54, 1.807) is 4.90 Å². The maximum atomic E-state index is 12.0. The molecule has 2 fully saturated rings. The van der Waals surface area contributed by atoms with Crippen molar-refractivity contribution in [2.24, 2.45) is 0 Å². The van der Waals surface area contributed by atoms with Crippen LogP contribution >= 0.6 is 0 Å². The van der Waals surface area contributed by atoms with Gasteiger partial charge in [-0.25, -0.2) is 13.2 Å². The van der Waals surface area contributed by atoms with E-state index in [9.17, 15) is 13.2 Å². The van der Waals surface area contributed by atoms with Crippen LogP contribution in [0.5, 0.6) is 0 Å². The van der Waals surface area contributed by atoms with Gasteiger partial charge in [0, 0.05) is 32.2 Å². The third-order valence-corrected chi connectivity index (χ3v) is 5.53. The van der Waals surface area contributed by atoms with Gasteiger partial charge < -0.3 is 10.2 Å². The molecule has 0 saturated carbocycles. The Morgan fingerprint density at radius 2 is 1.95 bits per heavy atom. The minimum absolute atomic E-state index is 0.0918. The molecule has 2 aliphatic heterocycles. The van der Waals surface area contributed by atoms with Crippen LogP contribution < -0.4 is 5.32 Å². The summed E-state index contributed by atoms with van der Waals surface area (Å²) in [5.41, 5.74) is 0. The van der Waals surface area contributed by atoms with Crippen molar-refractivity contribution in [2.45, 2.75) is 25.8 Å². The summed E-state index contributed by atoms with van der Waals surface area (Å²) in [6, 6.07) is -0.315. The number of carbonyl (C=O) groups is 1. The number of sulfone groups is 1. The van der Waals surface area contributed by atoms with Gasteiger partial charge in [-0.2, -0.15) is 0 Å². The molecule has 1 N–H and O–H groups in total. The minimum Gasteiger partial charge on any atom is -0.334 e.